The minimum absolute atomic E-state index is 0.929. The number of aryl methyl sites for hydroxylation is 2. The summed E-state index contributed by atoms with van der Waals surface area (Å²) in [7, 11) is 1.98. The predicted octanol–water partition coefficient (Wildman–Crippen LogP) is 1.46. The molecule has 0 saturated heterocycles. The number of halogens is 1. The average molecular weight is 227 g/mol. The van der Waals surface area contributed by atoms with Crippen molar-refractivity contribution in [2.45, 2.75) is 6.92 Å². The van der Waals surface area contributed by atoms with Crippen molar-refractivity contribution < 1.29 is 4.68 Å². The van der Waals surface area contributed by atoms with E-state index in [1.54, 1.807) is 6.20 Å². The molecule has 3 nitrogen and oxygen atoms in total. The van der Waals surface area contributed by atoms with Gasteiger partial charge in [-0.25, -0.2) is 4.98 Å². The van der Waals surface area contributed by atoms with Crippen LogP contribution in [0.2, 0.25) is 0 Å². The van der Waals surface area contributed by atoms with Crippen molar-refractivity contribution >= 4 is 27.0 Å². The first-order valence-corrected chi connectivity index (χ1v) is 4.47. The normalized spacial score (nSPS) is 10.9. The Morgan fingerprint density at radius 2 is 2.33 bits per heavy atom. The van der Waals surface area contributed by atoms with Crippen molar-refractivity contribution in [2.75, 3.05) is 0 Å². The van der Waals surface area contributed by atoms with Crippen LogP contribution < -0.4 is 4.68 Å². The Kier molecular flexibility index (Phi) is 1.65. The minimum atomic E-state index is 0.929. The molecular weight excluding hydrogens is 218 g/mol. The molecule has 2 heterocycles. The Bertz CT molecular complexity index is 433. The van der Waals surface area contributed by atoms with Crippen LogP contribution >= 0.6 is 15.9 Å². The number of nitrogens with zero attached hydrogens (tertiary/aromatic N) is 2. The second-order valence-corrected chi connectivity index (χ2v) is 3.72. The zero-order valence-corrected chi connectivity index (χ0v) is 8.51. The van der Waals surface area contributed by atoms with Crippen LogP contribution in [-0.2, 0) is 7.05 Å². The zero-order chi connectivity index (χ0) is 8.72. The van der Waals surface area contributed by atoms with Crippen LogP contribution in [-0.4, -0.2) is 10.1 Å². The SMILES string of the molecule is Cc1c2cc(Br)cnc2[nH][n+]1C. The van der Waals surface area contributed by atoms with Gasteiger partial charge in [0.1, 0.15) is 0 Å². The molecule has 1 N–H and O–H groups in total. The molecule has 12 heavy (non-hydrogen) atoms. The summed E-state index contributed by atoms with van der Waals surface area (Å²) in [4.78, 5) is 4.24. The molecule has 0 aromatic carbocycles. The minimum Gasteiger partial charge on any atom is -0.233 e. The van der Waals surface area contributed by atoms with E-state index in [2.05, 4.69) is 39.0 Å². The molecule has 0 spiro atoms. The molecule has 0 atom stereocenters. The van der Waals surface area contributed by atoms with E-state index in [0.29, 0.717) is 0 Å². The molecule has 62 valence electrons. The number of H-pyrrole nitrogens is 1. The number of nitrogens with one attached hydrogen (secondary N) is 1. The second-order valence-electron chi connectivity index (χ2n) is 2.81. The van der Waals surface area contributed by atoms with Gasteiger partial charge in [0.2, 0.25) is 5.69 Å². The van der Waals surface area contributed by atoms with Crippen LogP contribution in [0.25, 0.3) is 11.0 Å². The molecular formula is C8H9BrN3+. The molecule has 2 aromatic heterocycles. The van der Waals surface area contributed by atoms with Crippen molar-refractivity contribution in [3.05, 3.63) is 22.4 Å². The lowest BCUT2D eigenvalue weighted by Gasteiger charge is -1.86. The Morgan fingerprint density at radius 3 is 3.08 bits per heavy atom. The van der Waals surface area contributed by atoms with Gasteiger partial charge < -0.3 is 0 Å². The summed E-state index contributed by atoms with van der Waals surface area (Å²) in [5, 5.41) is 4.30. The van der Waals surface area contributed by atoms with Gasteiger partial charge in [-0.15, -0.1) is 9.78 Å². The lowest BCUT2D eigenvalue weighted by molar-refractivity contribution is -0.730. The van der Waals surface area contributed by atoms with E-state index in [-0.39, 0.29) is 0 Å². The number of aromatic nitrogens is 3. The van der Waals surface area contributed by atoms with Gasteiger partial charge in [0.05, 0.1) is 5.39 Å². The first-order valence-electron chi connectivity index (χ1n) is 3.68. The average Bonchev–Trinajstić information content (AvgIpc) is 2.31. The summed E-state index contributed by atoms with van der Waals surface area (Å²) < 4.78 is 2.97. The summed E-state index contributed by atoms with van der Waals surface area (Å²) >= 11 is 3.39. The van der Waals surface area contributed by atoms with Gasteiger partial charge in [0.15, 0.2) is 12.7 Å². The zero-order valence-electron chi connectivity index (χ0n) is 6.93. The summed E-state index contributed by atoms with van der Waals surface area (Å²) in [5.74, 6) is 0. The number of rotatable bonds is 0. The third kappa shape index (κ3) is 1.03. The second kappa shape index (κ2) is 2.55. The number of fused-ring (bicyclic) bond motifs is 1. The standard InChI is InChI=1S/C8H8BrN3/c1-5-7-3-6(9)4-10-8(7)11-12(5)2/h3-4H,1-2H3/p+1. The van der Waals surface area contributed by atoms with Crippen molar-refractivity contribution in [1.29, 1.82) is 0 Å². The van der Waals surface area contributed by atoms with Gasteiger partial charge >= 0.3 is 0 Å². The lowest BCUT2D eigenvalue weighted by atomic mass is 10.3. The highest BCUT2D eigenvalue weighted by Crippen LogP contribution is 2.16. The maximum atomic E-state index is 4.24. The highest BCUT2D eigenvalue weighted by Gasteiger charge is 2.11. The van der Waals surface area contributed by atoms with E-state index in [9.17, 15) is 0 Å². The van der Waals surface area contributed by atoms with Crippen LogP contribution in [0.5, 0.6) is 0 Å². The van der Waals surface area contributed by atoms with Gasteiger partial charge in [-0.2, -0.15) is 0 Å². The number of hydrogen-bond acceptors (Lipinski definition) is 1. The van der Waals surface area contributed by atoms with E-state index in [1.165, 1.54) is 5.69 Å². The van der Waals surface area contributed by atoms with Crippen LogP contribution in [0.3, 0.4) is 0 Å². The third-order valence-electron chi connectivity index (χ3n) is 2.02. The van der Waals surface area contributed by atoms with E-state index < -0.39 is 0 Å². The van der Waals surface area contributed by atoms with Crippen LogP contribution in [0, 0.1) is 6.92 Å². The monoisotopic (exact) mass is 226 g/mol. The highest BCUT2D eigenvalue weighted by atomic mass is 79.9. The molecule has 2 aromatic rings. The van der Waals surface area contributed by atoms with Gasteiger partial charge in [0.25, 0.3) is 0 Å². The first-order chi connectivity index (χ1) is 5.68. The molecule has 0 fully saturated rings. The molecule has 0 aliphatic rings. The molecule has 0 amide bonds. The molecule has 0 aliphatic carbocycles. The molecule has 0 bridgehead atoms. The number of hydrogen-bond donors (Lipinski definition) is 1. The van der Waals surface area contributed by atoms with E-state index >= 15 is 0 Å². The molecule has 0 unspecified atom stereocenters. The third-order valence-corrected chi connectivity index (χ3v) is 2.45. The largest absolute Gasteiger partial charge is 0.233 e. The van der Waals surface area contributed by atoms with E-state index in [4.69, 9.17) is 0 Å². The Hall–Kier alpha value is -0.900. The van der Waals surface area contributed by atoms with Crippen LogP contribution in [0.15, 0.2) is 16.7 Å². The molecule has 0 radical (unpaired) electrons. The van der Waals surface area contributed by atoms with Crippen molar-refractivity contribution in [3.63, 3.8) is 0 Å². The molecule has 0 aliphatic heterocycles. The summed E-state index contributed by atoms with van der Waals surface area (Å²) in [6.45, 7) is 2.06. The maximum Gasteiger partial charge on any atom is 0.213 e. The van der Waals surface area contributed by atoms with Crippen molar-refractivity contribution in [2.24, 2.45) is 7.05 Å². The van der Waals surface area contributed by atoms with Crippen LogP contribution in [0.1, 0.15) is 5.69 Å². The highest BCUT2D eigenvalue weighted by molar-refractivity contribution is 9.10. The summed E-state index contributed by atoms with van der Waals surface area (Å²) in [6.07, 6.45) is 1.79. The topological polar surface area (TPSA) is 32.6 Å². The number of pyridine rings is 1. The fourth-order valence-corrected chi connectivity index (χ4v) is 1.56. The van der Waals surface area contributed by atoms with E-state index in [0.717, 1.165) is 15.5 Å². The van der Waals surface area contributed by atoms with Gasteiger partial charge in [-0.05, 0) is 22.0 Å². The number of aromatic amines is 1. The predicted molar refractivity (Wildman–Crippen MR) is 49.7 cm³/mol. The van der Waals surface area contributed by atoms with Gasteiger partial charge in [-0.3, -0.25) is 0 Å². The molecule has 0 saturated carbocycles. The Balaban J connectivity index is 2.88. The quantitative estimate of drug-likeness (QED) is 0.679. The molecule has 4 heteroatoms. The van der Waals surface area contributed by atoms with Gasteiger partial charge in [0, 0.05) is 17.6 Å². The smallest absolute Gasteiger partial charge is 0.213 e. The maximum absolute atomic E-state index is 4.24. The first kappa shape index (κ1) is 7.73. The fourth-order valence-electron chi connectivity index (χ4n) is 1.23. The Morgan fingerprint density at radius 1 is 1.58 bits per heavy atom. The molecule has 2 rings (SSSR count). The van der Waals surface area contributed by atoms with Crippen molar-refractivity contribution in [1.82, 2.24) is 10.1 Å². The van der Waals surface area contributed by atoms with E-state index in [1.807, 2.05) is 11.7 Å². The lowest BCUT2D eigenvalue weighted by Crippen LogP contribution is -2.32. The Labute approximate surface area is 78.5 Å². The summed E-state index contributed by atoms with van der Waals surface area (Å²) in [6, 6.07) is 2.06. The van der Waals surface area contributed by atoms with Gasteiger partial charge in [-0.1, -0.05) is 0 Å². The summed E-state index contributed by atoms with van der Waals surface area (Å²) in [5.41, 5.74) is 2.12. The fraction of sp³-hybridized carbons (Fsp3) is 0.250. The van der Waals surface area contributed by atoms with Crippen molar-refractivity contribution in [3.8, 4) is 0 Å². The van der Waals surface area contributed by atoms with Crippen LogP contribution in [0.4, 0.5) is 0 Å².